The smallest absolute Gasteiger partial charge is 0.241 e. The van der Waals surface area contributed by atoms with Crippen LogP contribution in [0, 0.1) is 0 Å². The molecule has 2 aromatic heterocycles. The van der Waals surface area contributed by atoms with Gasteiger partial charge in [0.05, 0.1) is 11.4 Å². The lowest BCUT2D eigenvalue weighted by atomic mass is 10.0. The summed E-state index contributed by atoms with van der Waals surface area (Å²) >= 11 is 1.61. The van der Waals surface area contributed by atoms with Gasteiger partial charge in [-0.05, 0) is 43.7 Å². The van der Waals surface area contributed by atoms with Crippen molar-refractivity contribution in [3.05, 3.63) is 23.4 Å². The number of thiophene rings is 1. The molecule has 2 aromatic rings. The standard InChI is InChI=1S/C17H22N4O2S/c1-12(22)21-9-3-6-14(21)13-5-2-8-20(13)11-16-18-17(19-23-16)15-7-4-10-24-15/h4,7,10,13-14H,2-3,5-6,8-9,11H2,1H3/t13-,14-/m0/s1. The van der Waals surface area contributed by atoms with Crippen LogP contribution in [0.1, 0.15) is 38.5 Å². The van der Waals surface area contributed by atoms with Gasteiger partial charge in [-0.1, -0.05) is 11.2 Å². The summed E-state index contributed by atoms with van der Waals surface area (Å²) in [7, 11) is 0. The molecule has 0 aromatic carbocycles. The van der Waals surface area contributed by atoms with E-state index in [-0.39, 0.29) is 5.91 Å². The van der Waals surface area contributed by atoms with Gasteiger partial charge in [0.2, 0.25) is 17.6 Å². The van der Waals surface area contributed by atoms with Crippen molar-refractivity contribution in [3.63, 3.8) is 0 Å². The number of hydrogen-bond donors (Lipinski definition) is 0. The zero-order chi connectivity index (χ0) is 16.5. The van der Waals surface area contributed by atoms with Gasteiger partial charge in [-0.25, -0.2) is 0 Å². The Morgan fingerprint density at radius 1 is 1.33 bits per heavy atom. The average Bonchev–Trinajstić information content (AvgIpc) is 3.35. The number of rotatable bonds is 4. The van der Waals surface area contributed by atoms with Crippen molar-refractivity contribution >= 4 is 17.2 Å². The number of carbonyl (C=O) groups is 1. The van der Waals surface area contributed by atoms with Gasteiger partial charge >= 0.3 is 0 Å². The molecule has 0 spiro atoms. The quantitative estimate of drug-likeness (QED) is 0.852. The van der Waals surface area contributed by atoms with E-state index in [9.17, 15) is 4.79 Å². The Bertz CT molecular complexity index is 699. The number of amides is 1. The molecule has 2 saturated heterocycles. The van der Waals surface area contributed by atoms with E-state index in [1.807, 2.05) is 22.4 Å². The first-order chi connectivity index (χ1) is 11.7. The summed E-state index contributed by atoms with van der Waals surface area (Å²) < 4.78 is 5.46. The van der Waals surface area contributed by atoms with Crippen molar-refractivity contribution in [2.75, 3.05) is 13.1 Å². The first kappa shape index (κ1) is 15.8. The first-order valence-corrected chi connectivity index (χ1v) is 9.48. The third-order valence-electron chi connectivity index (χ3n) is 5.11. The van der Waals surface area contributed by atoms with Crippen LogP contribution in [-0.2, 0) is 11.3 Å². The molecule has 0 N–H and O–H groups in total. The highest BCUT2D eigenvalue weighted by Crippen LogP contribution is 2.31. The molecule has 6 nitrogen and oxygen atoms in total. The molecule has 0 saturated carbocycles. The maximum Gasteiger partial charge on any atom is 0.241 e. The molecule has 7 heteroatoms. The third-order valence-corrected chi connectivity index (χ3v) is 5.98. The summed E-state index contributed by atoms with van der Waals surface area (Å²) in [5.74, 6) is 1.53. The van der Waals surface area contributed by atoms with E-state index in [4.69, 9.17) is 4.52 Å². The molecular formula is C17H22N4O2S. The van der Waals surface area contributed by atoms with Gasteiger partial charge in [0.25, 0.3) is 0 Å². The van der Waals surface area contributed by atoms with Crippen LogP contribution in [0.3, 0.4) is 0 Å². The summed E-state index contributed by atoms with van der Waals surface area (Å²) in [5, 5.41) is 6.11. The van der Waals surface area contributed by atoms with E-state index in [1.165, 1.54) is 6.42 Å². The molecule has 0 unspecified atom stereocenters. The molecule has 2 aliphatic heterocycles. The van der Waals surface area contributed by atoms with E-state index in [0.29, 0.717) is 30.3 Å². The van der Waals surface area contributed by atoms with Crippen LogP contribution in [-0.4, -0.2) is 51.0 Å². The third kappa shape index (κ3) is 2.98. The van der Waals surface area contributed by atoms with Crippen LogP contribution < -0.4 is 0 Å². The molecule has 128 valence electrons. The highest BCUT2D eigenvalue weighted by atomic mass is 32.1. The van der Waals surface area contributed by atoms with Gasteiger partial charge in [-0.15, -0.1) is 11.3 Å². The van der Waals surface area contributed by atoms with Gasteiger partial charge in [0, 0.05) is 25.6 Å². The summed E-state index contributed by atoms with van der Waals surface area (Å²) in [6.07, 6.45) is 4.52. The molecule has 1 amide bonds. The lowest BCUT2D eigenvalue weighted by Crippen LogP contribution is -2.47. The summed E-state index contributed by atoms with van der Waals surface area (Å²) in [4.78, 5) is 21.9. The van der Waals surface area contributed by atoms with Crippen LogP contribution in [0.4, 0.5) is 0 Å². The second kappa shape index (κ2) is 6.64. The first-order valence-electron chi connectivity index (χ1n) is 8.60. The number of hydrogen-bond acceptors (Lipinski definition) is 6. The van der Waals surface area contributed by atoms with Gasteiger partial charge in [-0.2, -0.15) is 4.98 Å². The Hall–Kier alpha value is -1.73. The minimum Gasteiger partial charge on any atom is -0.338 e. The fourth-order valence-corrected chi connectivity index (χ4v) is 4.72. The number of nitrogens with zero attached hydrogens (tertiary/aromatic N) is 4. The van der Waals surface area contributed by atoms with Gasteiger partial charge in [-0.3, -0.25) is 9.69 Å². The topological polar surface area (TPSA) is 62.5 Å². The Labute approximate surface area is 145 Å². The van der Waals surface area contributed by atoms with Crippen molar-refractivity contribution in [2.45, 2.75) is 51.2 Å². The van der Waals surface area contributed by atoms with E-state index in [1.54, 1.807) is 18.3 Å². The van der Waals surface area contributed by atoms with Gasteiger partial charge in [0.15, 0.2) is 0 Å². The maximum absolute atomic E-state index is 11.9. The Balaban J connectivity index is 1.47. The average molecular weight is 346 g/mol. The predicted molar refractivity (Wildman–Crippen MR) is 91.5 cm³/mol. The molecule has 24 heavy (non-hydrogen) atoms. The molecule has 2 fully saturated rings. The lowest BCUT2D eigenvalue weighted by molar-refractivity contribution is -0.130. The molecule has 0 bridgehead atoms. The molecule has 4 rings (SSSR count). The SMILES string of the molecule is CC(=O)N1CCC[C@H]1[C@@H]1CCCN1Cc1nc(-c2cccs2)no1. The van der Waals surface area contributed by atoms with Crippen LogP contribution in [0.5, 0.6) is 0 Å². The zero-order valence-corrected chi connectivity index (χ0v) is 14.7. The van der Waals surface area contributed by atoms with Crippen LogP contribution in [0.15, 0.2) is 22.0 Å². The Morgan fingerprint density at radius 3 is 2.96 bits per heavy atom. The number of carbonyl (C=O) groups excluding carboxylic acids is 1. The van der Waals surface area contributed by atoms with E-state index >= 15 is 0 Å². The fraction of sp³-hybridized carbons (Fsp3) is 0.588. The minimum absolute atomic E-state index is 0.196. The molecule has 2 atom stereocenters. The van der Waals surface area contributed by atoms with Gasteiger partial charge in [0.1, 0.15) is 0 Å². The second-order valence-corrected chi connectivity index (χ2v) is 7.54. The summed E-state index contributed by atoms with van der Waals surface area (Å²) in [6, 6.07) is 4.74. The Kier molecular flexibility index (Phi) is 4.37. The highest BCUT2D eigenvalue weighted by molar-refractivity contribution is 7.13. The molecule has 0 aliphatic carbocycles. The number of likely N-dealkylation sites (tertiary alicyclic amines) is 2. The van der Waals surface area contributed by atoms with E-state index in [0.717, 1.165) is 37.2 Å². The van der Waals surface area contributed by atoms with E-state index < -0.39 is 0 Å². The van der Waals surface area contributed by atoms with Crippen LogP contribution in [0.2, 0.25) is 0 Å². The minimum atomic E-state index is 0.196. The molecular weight excluding hydrogens is 324 g/mol. The van der Waals surface area contributed by atoms with Crippen molar-refractivity contribution in [3.8, 4) is 10.7 Å². The van der Waals surface area contributed by atoms with Crippen LogP contribution in [0.25, 0.3) is 10.7 Å². The highest BCUT2D eigenvalue weighted by Gasteiger charge is 2.39. The molecule has 2 aliphatic rings. The van der Waals surface area contributed by atoms with Crippen molar-refractivity contribution in [1.29, 1.82) is 0 Å². The second-order valence-electron chi connectivity index (χ2n) is 6.59. The summed E-state index contributed by atoms with van der Waals surface area (Å²) in [5.41, 5.74) is 0. The molecule has 4 heterocycles. The Morgan fingerprint density at radius 2 is 2.17 bits per heavy atom. The number of aromatic nitrogens is 2. The van der Waals surface area contributed by atoms with Crippen molar-refractivity contribution in [1.82, 2.24) is 19.9 Å². The normalized spacial score (nSPS) is 24.8. The fourth-order valence-electron chi connectivity index (χ4n) is 4.07. The lowest BCUT2D eigenvalue weighted by Gasteiger charge is -2.33. The van der Waals surface area contributed by atoms with Crippen molar-refractivity contribution < 1.29 is 9.32 Å². The zero-order valence-electron chi connectivity index (χ0n) is 13.9. The summed E-state index contributed by atoms with van der Waals surface area (Å²) in [6.45, 7) is 4.28. The molecule has 0 radical (unpaired) electrons. The van der Waals surface area contributed by atoms with Crippen LogP contribution >= 0.6 is 11.3 Å². The maximum atomic E-state index is 11.9. The monoisotopic (exact) mass is 346 g/mol. The largest absolute Gasteiger partial charge is 0.338 e. The van der Waals surface area contributed by atoms with Crippen molar-refractivity contribution in [2.24, 2.45) is 0 Å². The van der Waals surface area contributed by atoms with E-state index in [2.05, 4.69) is 15.0 Å². The predicted octanol–water partition coefficient (Wildman–Crippen LogP) is 2.77. The van der Waals surface area contributed by atoms with Gasteiger partial charge < -0.3 is 9.42 Å².